The maximum atomic E-state index is 12.7. The lowest BCUT2D eigenvalue weighted by Gasteiger charge is -2.27. The number of benzene rings is 1. The topological polar surface area (TPSA) is 79.0 Å². The van der Waals surface area contributed by atoms with E-state index in [0.29, 0.717) is 17.1 Å². The summed E-state index contributed by atoms with van der Waals surface area (Å²) in [6.07, 6.45) is 1.63. The molecule has 3 rings (SSSR count). The van der Waals surface area contributed by atoms with Crippen LogP contribution in [0, 0.1) is 5.92 Å². The molecule has 140 valence electrons. The number of amides is 3. The van der Waals surface area contributed by atoms with E-state index in [-0.39, 0.29) is 17.4 Å². The van der Waals surface area contributed by atoms with Crippen molar-refractivity contribution in [2.24, 2.45) is 10.9 Å². The first-order valence-corrected chi connectivity index (χ1v) is 9.30. The number of ketones is 1. The second kappa shape index (κ2) is 7.48. The lowest BCUT2D eigenvalue weighted by molar-refractivity contribution is -0.407. The third-order valence-electron chi connectivity index (χ3n) is 4.57. The van der Waals surface area contributed by atoms with Crippen LogP contribution in [0.3, 0.4) is 0 Å². The number of hydrogen-bond acceptors (Lipinski definition) is 6. The number of hydrogen-bond donors (Lipinski definition) is 0. The number of Topliss-reactive ketones (excluding diaryl/α,β-unsaturated/α-hetero) is 1. The standard InChI is InChI=1S/C19H20N3O4S/c1-11-9-20-17-15(18(24)22(3)19(25)21(17)2)16(11)27-10-14(23)12-5-7-13(26-4)8-6-12/h5-9,15H,10H2,1-4H3/q+1. The van der Waals surface area contributed by atoms with Crippen molar-refractivity contribution < 1.29 is 23.7 Å². The summed E-state index contributed by atoms with van der Waals surface area (Å²) in [4.78, 5) is 43.5. The molecule has 0 radical (unpaired) electrons. The molecule has 0 bridgehead atoms. The predicted molar refractivity (Wildman–Crippen MR) is 104 cm³/mol. The maximum Gasteiger partial charge on any atom is 0.445 e. The monoisotopic (exact) mass is 386 g/mol. The number of ether oxygens (including phenoxy) is 1. The summed E-state index contributed by atoms with van der Waals surface area (Å²) in [6, 6.07) is 6.49. The highest BCUT2D eigenvalue weighted by atomic mass is 32.2. The number of thioether (sulfide) groups is 1. The van der Waals surface area contributed by atoms with Gasteiger partial charge in [0.25, 0.3) is 5.84 Å². The van der Waals surface area contributed by atoms with Crippen LogP contribution >= 0.6 is 11.8 Å². The van der Waals surface area contributed by atoms with E-state index in [2.05, 4.69) is 4.99 Å². The molecule has 0 saturated heterocycles. The number of carbonyl (C=O) groups is 3. The van der Waals surface area contributed by atoms with E-state index in [0.717, 1.165) is 15.4 Å². The number of methoxy groups -OCH3 is 1. The Morgan fingerprint density at radius 2 is 1.96 bits per heavy atom. The second-order valence-corrected chi connectivity index (χ2v) is 7.29. The van der Waals surface area contributed by atoms with Crippen LogP contribution in [0.2, 0.25) is 0 Å². The van der Waals surface area contributed by atoms with Crippen molar-refractivity contribution in [2.75, 3.05) is 27.0 Å². The highest BCUT2D eigenvalue weighted by Crippen LogP contribution is 2.34. The van der Waals surface area contributed by atoms with Crippen LogP contribution in [0.25, 0.3) is 0 Å². The van der Waals surface area contributed by atoms with E-state index >= 15 is 0 Å². The average molecular weight is 386 g/mol. The highest BCUT2D eigenvalue weighted by molar-refractivity contribution is 8.03. The molecule has 0 aromatic heterocycles. The van der Waals surface area contributed by atoms with Gasteiger partial charge in [-0.15, -0.1) is 16.8 Å². The van der Waals surface area contributed by atoms with Gasteiger partial charge in [-0.05, 0) is 36.8 Å². The van der Waals surface area contributed by atoms with E-state index in [1.807, 2.05) is 6.92 Å². The van der Waals surface area contributed by atoms with Gasteiger partial charge in [0.15, 0.2) is 11.7 Å². The number of dihydropyridines is 1. The minimum atomic E-state index is -0.656. The first kappa shape index (κ1) is 19.0. The summed E-state index contributed by atoms with van der Waals surface area (Å²) >= 11 is 1.31. The SMILES string of the molecule is COc1ccc(C(=O)CSC2=C(C)C=NC3=[N+](C)C(=O)N(C)C(=O)C23)cc1. The number of imide groups is 1. The Hall–Kier alpha value is -2.74. The van der Waals surface area contributed by atoms with E-state index in [1.165, 1.54) is 23.4 Å². The Morgan fingerprint density at radius 3 is 2.59 bits per heavy atom. The molecule has 0 fully saturated rings. The van der Waals surface area contributed by atoms with Gasteiger partial charge in [0, 0.05) is 10.5 Å². The molecular weight excluding hydrogens is 366 g/mol. The van der Waals surface area contributed by atoms with Crippen LogP contribution in [-0.4, -0.2) is 66.2 Å². The molecule has 1 atom stereocenters. The lowest BCUT2D eigenvalue weighted by Crippen LogP contribution is -2.52. The van der Waals surface area contributed by atoms with Crippen LogP contribution in [0.5, 0.6) is 5.75 Å². The number of urea groups is 1. The maximum absolute atomic E-state index is 12.7. The van der Waals surface area contributed by atoms with E-state index in [9.17, 15) is 14.4 Å². The Kier molecular flexibility index (Phi) is 5.27. The third-order valence-corrected chi connectivity index (χ3v) is 5.84. The molecule has 3 amide bonds. The van der Waals surface area contributed by atoms with Crippen LogP contribution in [0.1, 0.15) is 17.3 Å². The van der Waals surface area contributed by atoms with Crippen molar-refractivity contribution in [2.45, 2.75) is 6.92 Å². The number of nitrogens with zero attached hydrogens (tertiary/aromatic N) is 3. The number of amidine groups is 1. The molecule has 0 spiro atoms. The summed E-state index contributed by atoms with van der Waals surface area (Å²) in [5.41, 5.74) is 1.40. The summed E-state index contributed by atoms with van der Waals surface area (Å²) in [5.74, 6) is 0.232. The molecule has 0 N–H and O–H groups in total. The fraction of sp³-hybridized carbons (Fsp3) is 0.316. The van der Waals surface area contributed by atoms with Crippen molar-refractivity contribution >= 4 is 41.5 Å². The van der Waals surface area contributed by atoms with E-state index in [1.54, 1.807) is 44.6 Å². The molecule has 0 saturated carbocycles. The Bertz CT molecular complexity index is 915. The molecule has 2 aliphatic rings. The van der Waals surface area contributed by atoms with Crippen molar-refractivity contribution in [1.82, 2.24) is 4.90 Å². The second-order valence-electron chi connectivity index (χ2n) is 6.28. The van der Waals surface area contributed by atoms with Gasteiger partial charge in [-0.1, -0.05) is 0 Å². The van der Waals surface area contributed by atoms with E-state index < -0.39 is 11.9 Å². The molecule has 1 unspecified atom stereocenters. The number of rotatable bonds is 5. The first-order valence-electron chi connectivity index (χ1n) is 8.32. The van der Waals surface area contributed by atoms with Crippen LogP contribution in [0.15, 0.2) is 39.7 Å². The van der Waals surface area contributed by atoms with Crippen molar-refractivity contribution in [3.05, 3.63) is 40.3 Å². The van der Waals surface area contributed by atoms with Gasteiger partial charge in [0.1, 0.15) is 12.0 Å². The predicted octanol–water partition coefficient (Wildman–Crippen LogP) is 2.22. The zero-order valence-corrected chi connectivity index (χ0v) is 16.4. The van der Waals surface area contributed by atoms with Gasteiger partial charge in [-0.3, -0.25) is 9.59 Å². The average Bonchev–Trinajstić information content (AvgIpc) is 2.69. The Morgan fingerprint density at radius 1 is 1.30 bits per heavy atom. The molecule has 8 heteroatoms. The van der Waals surface area contributed by atoms with Crippen molar-refractivity contribution in [3.8, 4) is 5.75 Å². The zero-order valence-electron chi connectivity index (χ0n) is 15.6. The molecule has 0 aliphatic carbocycles. The van der Waals surface area contributed by atoms with Gasteiger partial charge in [-0.2, -0.15) is 9.48 Å². The molecular formula is C19H20N3O4S+. The molecule has 1 aromatic rings. The number of allylic oxidation sites excluding steroid dienone is 1. The molecule has 2 aliphatic heterocycles. The molecule has 7 nitrogen and oxygen atoms in total. The van der Waals surface area contributed by atoms with Gasteiger partial charge in [0.05, 0.1) is 27.0 Å². The quantitative estimate of drug-likeness (QED) is 0.573. The van der Waals surface area contributed by atoms with Gasteiger partial charge < -0.3 is 4.74 Å². The largest absolute Gasteiger partial charge is 0.497 e. The summed E-state index contributed by atoms with van der Waals surface area (Å²) in [6.45, 7) is 1.85. The number of fused-ring (bicyclic) bond motifs is 1. The van der Waals surface area contributed by atoms with Gasteiger partial charge >= 0.3 is 11.9 Å². The fourth-order valence-corrected chi connectivity index (χ4v) is 4.07. The smallest absolute Gasteiger partial charge is 0.445 e. The Labute approximate surface area is 161 Å². The minimum absolute atomic E-state index is 0.0481. The van der Waals surface area contributed by atoms with Gasteiger partial charge in [0.2, 0.25) is 0 Å². The fourth-order valence-electron chi connectivity index (χ4n) is 2.96. The summed E-state index contributed by atoms with van der Waals surface area (Å²) in [7, 11) is 4.62. The van der Waals surface area contributed by atoms with Crippen LogP contribution < -0.4 is 4.74 Å². The highest BCUT2D eigenvalue weighted by Gasteiger charge is 2.47. The third kappa shape index (κ3) is 3.44. The van der Waals surface area contributed by atoms with Crippen molar-refractivity contribution in [1.29, 1.82) is 0 Å². The molecule has 1 aromatic carbocycles. The Balaban J connectivity index is 1.83. The molecule has 27 heavy (non-hydrogen) atoms. The number of carbonyl (C=O) groups excluding carboxylic acids is 3. The van der Waals surface area contributed by atoms with Crippen molar-refractivity contribution in [3.63, 3.8) is 0 Å². The number of aliphatic imine (C=N–C) groups is 1. The lowest BCUT2D eigenvalue weighted by atomic mass is 9.99. The first-order chi connectivity index (χ1) is 12.8. The minimum Gasteiger partial charge on any atom is -0.497 e. The van der Waals surface area contributed by atoms with E-state index in [4.69, 9.17) is 4.74 Å². The summed E-state index contributed by atoms with van der Waals surface area (Å²) < 4.78 is 6.48. The zero-order chi connectivity index (χ0) is 19.7. The normalized spacial score (nSPS) is 19.6. The van der Waals surface area contributed by atoms with Gasteiger partial charge in [-0.25, -0.2) is 4.79 Å². The van der Waals surface area contributed by atoms with Crippen LogP contribution in [-0.2, 0) is 4.79 Å². The molecule has 2 heterocycles. The summed E-state index contributed by atoms with van der Waals surface area (Å²) in [5, 5.41) is 0. The van der Waals surface area contributed by atoms with Crippen LogP contribution in [0.4, 0.5) is 4.79 Å².